The maximum Gasteiger partial charge on any atom is 0.0348 e. The highest BCUT2D eigenvalue weighted by Crippen LogP contribution is 2.36. The predicted octanol–water partition coefficient (Wildman–Crippen LogP) is 4.39. The molecule has 1 aliphatic carbocycles. The van der Waals surface area contributed by atoms with E-state index in [1.807, 2.05) is 0 Å². The SMILES string of the molecule is Brc1ccc(C2CCCN2CC2CCC2)cc1. The van der Waals surface area contributed by atoms with Gasteiger partial charge in [-0.1, -0.05) is 34.5 Å². The second kappa shape index (κ2) is 5.11. The van der Waals surface area contributed by atoms with E-state index in [-0.39, 0.29) is 0 Å². The fourth-order valence-corrected chi connectivity index (χ4v) is 3.38. The first-order valence-electron chi connectivity index (χ1n) is 6.82. The molecule has 1 heterocycles. The van der Waals surface area contributed by atoms with Crippen LogP contribution in [0.2, 0.25) is 0 Å². The lowest BCUT2D eigenvalue weighted by Gasteiger charge is -2.33. The van der Waals surface area contributed by atoms with Gasteiger partial charge in [0.05, 0.1) is 0 Å². The average Bonchev–Trinajstić information content (AvgIpc) is 2.73. The van der Waals surface area contributed by atoms with E-state index in [0.717, 1.165) is 5.92 Å². The second-order valence-corrected chi connectivity index (χ2v) is 6.42. The summed E-state index contributed by atoms with van der Waals surface area (Å²) in [6, 6.07) is 9.61. The van der Waals surface area contributed by atoms with Crippen molar-refractivity contribution in [3.8, 4) is 0 Å². The summed E-state index contributed by atoms with van der Waals surface area (Å²) in [5.74, 6) is 0.992. The summed E-state index contributed by atoms with van der Waals surface area (Å²) in [7, 11) is 0. The third kappa shape index (κ3) is 2.58. The topological polar surface area (TPSA) is 3.24 Å². The zero-order valence-corrected chi connectivity index (χ0v) is 11.8. The van der Waals surface area contributed by atoms with Crippen LogP contribution in [0.4, 0.5) is 0 Å². The molecule has 0 spiro atoms. The van der Waals surface area contributed by atoms with Crippen LogP contribution in [-0.2, 0) is 0 Å². The van der Waals surface area contributed by atoms with Crippen molar-refractivity contribution in [3.05, 3.63) is 34.3 Å². The van der Waals surface area contributed by atoms with Gasteiger partial charge < -0.3 is 0 Å². The van der Waals surface area contributed by atoms with E-state index in [9.17, 15) is 0 Å². The number of halogens is 1. The Morgan fingerprint density at radius 2 is 1.82 bits per heavy atom. The van der Waals surface area contributed by atoms with Gasteiger partial charge in [-0.2, -0.15) is 0 Å². The smallest absolute Gasteiger partial charge is 0.0348 e. The number of hydrogen-bond donors (Lipinski definition) is 0. The Balaban J connectivity index is 1.69. The Hall–Kier alpha value is -0.340. The molecule has 1 aliphatic heterocycles. The quantitative estimate of drug-likeness (QED) is 0.799. The Morgan fingerprint density at radius 3 is 2.47 bits per heavy atom. The molecule has 1 aromatic rings. The zero-order chi connectivity index (χ0) is 11.7. The summed E-state index contributed by atoms with van der Waals surface area (Å²) >= 11 is 3.52. The molecular formula is C15H20BrN. The van der Waals surface area contributed by atoms with Crippen LogP contribution >= 0.6 is 15.9 Å². The first-order valence-corrected chi connectivity index (χ1v) is 7.62. The average molecular weight is 294 g/mol. The zero-order valence-electron chi connectivity index (χ0n) is 10.2. The summed E-state index contributed by atoms with van der Waals surface area (Å²) in [6.07, 6.45) is 7.09. The number of nitrogens with zero attached hydrogens (tertiary/aromatic N) is 1. The summed E-state index contributed by atoms with van der Waals surface area (Å²) < 4.78 is 1.18. The minimum Gasteiger partial charge on any atom is -0.296 e. The van der Waals surface area contributed by atoms with Gasteiger partial charge in [-0.15, -0.1) is 0 Å². The third-order valence-electron chi connectivity index (χ3n) is 4.34. The lowest BCUT2D eigenvalue weighted by Crippen LogP contribution is -2.32. The van der Waals surface area contributed by atoms with Crippen molar-refractivity contribution in [2.24, 2.45) is 5.92 Å². The van der Waals surface area contributed by atoms with Crippen molar-refractivity contribution in [1.82, 2.24) is 4.90 Å². The molecule has 1 nitrogen and oxygen atoms in total. The molecule has 92 valence electrons. The molecule has 0 amide bonds. The maximum absolute atomic E-state index is 3.52. The van der Waals surface area contributed by atoms with Crippen LogP contribution in [0.15, 0.2) is 28.7 Å². The van der Waals surface area contributed by atoms with Gasteiger partial charge in [-0.05, 0) is 55.8 Å². The first kappa shape index (κ1) is 11.7. The lowest BCUT2D eigenvalue weighted by atomic mass is 9.85. The molecule has 0 N–H and O–H groups in total. The molecule has 1 unspecified atom stereocenters. The minimum absolute atomic E-state index is 0.684. The molecule has 2 aliphatic rings. The molecule has 17 heavy (non-hydrogen) atoms. The molecule has 0 aromatic heterocycles. The van der Waals surface area contributed by atoms with E-state index in [1.54, 1.807) is 0 Å². The van der Waals surface area contributed by atoms with Crippen molar-refractivity contribution in [1.29, 1.82) is 0 Å². The number of hydrogen-bond acceptors (Lipinski definition) is 1. The second-order valence-electron chi connectivity index (χ2n) is 5.50. The van der Waals surface area contributed by atoms with Gasteiger partial charge >= 0.3 is 0 Å². The highest BCUT2D eigenvalue weighted by Gasteiger charge is 2.29. The van der Waals surface area contributed by atoms with Crippen LogP contribution < -0.4 is 0 Å². The van der Waals surface area contributed by atoms with Crippen molar-refractivity contribution in [2.75, 3.05) is 13.1 Å². The highest BCUT2D eigenvalue weighted by molar-refractivity contribution is 9.10. The molecule has 0 radical (unpaired) electrons. The minimum atomic E-state index is 0.684. The van der Waals surface area contributed by atoms with E-state index in [1.165, 1.54) is 55.2 Å². The fraction of sp³-hybridized carbons (Fsp3) is 0.600. The van der Waals surface area contributed by atoms with E-state index < -0.39 is 0 Å². The summed E-state index contributed by atoms with van der Waals surface area (Å²) in [6.45, 7) is 2.64. The standard InChI is InChI=1S/C15H20BrN/c16-14-8-6-13(7-9-14)15-5-2-10-17(15)11-12-3-1-4-12/h6-9,12,15H,1-5,10-11H2. The van der Waals surface area contributed by atoms with Crippen LogP contribution in [-0.4, -0.2) is 18.0 Å². The van der Waals surface area contributed by atoms with E-state index in [2.05, 4.69) is 45.1 Å². The molecule has 2 heteroatoms. The normalized spacial score (nSPS) is 26.1. The van der Waals surface area contributed by atoms with Crippen molar-refractivity contribution < 1.29 is 0 Å². The van der Waals surface area contributed by atoms with Crippen LogP contribution in [0.1, 0.15) is 43.7 Å². The Bertz CT molecular complexity index is 369. The molecular weight excluding hydrogens is 274 g/mol. The molecule has 2 fully saturated rings. The van der Waals surface area contributed by atoms with Gasteiger partial charge in [0.2, 0.25) is 0 Å². The highest BCUT2D eigenvalue weighted by atomic mass is 79.9. The number of likely N-dealkylation sites (tertiary alicyclic amines) is 1. The number of benzene rings is 1. The Morgan fingerprint density at radius 1 is 1.06 bits per heavy atom. The van der Waals surface area contributed by atoms with E-state index >= 15 is 0 Å². The summed E-state index contributed by atoms with van der Waals surface area (Å²) in [5, 5.41) is 0. The Kier molecular flexibility index (Phi) is 3.53. The van der Waals surface area contributed by atoms with Crippen molar-refractivity contribution >= 4 is 15.9 Å². The van der Waals surface area contributed by atoms with Crippen LogP contribution in [0.25, 0.3) is 0 Å². The van der Waals surface area contributed by atoms with E-state index in [4.69, 9.17) is 0 Å². The summed E-state index contributed by atoms with van der Waals surface area (Å²) in [5.41, 5.74) is 1.50. The largest absolute Gasteiger partial charge is 0.296 e. The van der Waals surface area contributed by atoms with Gasteiger partial charge in [0.25, 0.3) is 0 Å². The molecule has 3 rings (SSSR count). The monoisotopic (exact) mass is 293 g/mol. The molecule has 1 aromatic carbocycles. The third-order valence-corrected chi connectivity index (χ3v) is 4.86. The van der Waals surface area contributed by atoms with Gasteiger partial charge in [-0.25, -0.2) is 0 Å². The van der Waals surface area contributed by atoms with E-state index in [0.29, 0.717) is 6.04 Å². The molecule has 1 saturated heterocycles. The Labute approximate surface area is 112 Å². The molecule has 1 atom stereocenters. The summed E-state index contributed by atoms with van der Waals surface area (Å²) in [4.78, 5) is 2.72. The van der Waals surface area contributed by atoms with Crippen LogP contribution in [0, 0.1) is 5.92 Å². The van der Waals surface area contributed by atoms with Gasteiger partial charge in [0.15, 0.2) is 0 Å². The fourth-order valence-electron chi connectivity index (χ4n) is 3.11. The van der Waals surface area contributed by atoms with Crippen molar-refractivity contribution in [2.45, 2.75) is 38.1 Å². The van der Waals surface area contributed by atoms with Crippen LogP contribution in [0.5, 0.6) is 0 Å². The van der Waals surface area contributed by atoms with Gasteiger partial charge in [0, 0.05) is 17.1 Å². The maximum atomic E-state index is 3.52. The first-order chi connectivity index (χ1) is 8.33. The van der Waals surface area contributed by atoms with Crippen molar-refractivity contribution in [3.63, 3.8) is 0 Å². The van der Waals surface area contributed by atoms with Gasteiger partial charge in [-0.3, -0.25) is 4.90 Å². The predicted molar refractivity (Wildman–Crippen MR) is 75.0 cm³/mol. The number of rotatable bonds is 3. The lowest BCUT2D eigenvalue weighted by molar-refractivity contribution is 0.167. The van der Waals surface area contributed by atoms with Crippen LogP contribution in [0.3, 0.4) is 0 Å². The van der Waals surface area contributed by atoms with Gasteiger partial charge in [0.1, 0.15) is 0 Å². The molecule has 0 bridgehead atoms. The molecule has 1 saturated carbocycles.